The Kier molecular flexibility index (Phi) is 3.95. The van der Waals surface area contributed by atoms with Crippen LogP contribution in [0.15, 0.2) is 41.9 Å². The minimum Gasteiger partial charge on any atom is -0.297 e. The number of aromatic nitrogens is 2. The van der Waals surface area contributed by atoms with Crippen LogP contribution >= 0.6 is 11.3 Å². The molecule has 1 aliphatic rings. The second kappa shape index (κ2) is 6.10. The molecule has 3 heterocycles. The van der Waals surface area contributed by atoms with E-state index in [0.717, 1.165) is 29.0 Å². The summed E-state index contributed by atoms with van der Waals surface area (Å²) in [6.07, 6.45) is 3.51. The van der Waals surface area contributed by atoms with Gasteiger partial charge in [-0.15, -0.1) is 11.3 Å². The molecule has 23 heavy (non-hydrogen) atoms. The molecule has 3 aromatic rings. The van der Waals surface area contributed by atoms with Crippen LogP contribution in [0.25, 0.3) is 16.2 Å². The molecule has 1 aliphatic heterocycles. The predicted molar refractivity (Wildman–Crippen MR) is 96.7 cm³/mol. The molecule has 0 amide bonds. The maximum atomic E-state index is 4.90. The van der Waals surface area contributed by atoms with Crippen molar-refractivity contribution in [3.63, 3.8) is 0 Å². The highest BCUT2D eigenvalue weighted by molar-refractivity contribution is 7.15. The quantitative estimate of drug-likeness (QED) is 0.704. The summed E-state index contributed by atoms with van der Waals surface area (Å²) < 4.78 is 2.27. The van der Waals surface area contributed by atoms with Crippen molar-refractivity contribution in [2.24, 2.45) is 11.8 Å². The first-order chi connectivity index (χ1) is 11.2. The summed E-state index contributed by atoms with van der Waals surface area (Å²) in [5.74, 6) is 1.56. The van der Waals surface area contributed by atoms with E-state index in [9.17, 15) is 0 Å². The Morgan fingerprint density at radius 3 is 2.61 bits per heavy atom. The van der Waals surface area contributed by atoms with E-state index in [4.69, 9.17) is 4.98 Å². The molecular weight excluding hydrogens is 302 g/mol. The second-order valence-electron chi connectivity index (χ2n) is 6.97. The molecule has 2 aromatic heterocycles. The normalized spacial score (nSPS) is 22.7. The van der Waals surface area contributed by atoms with Gasteiger partial charge in [-0.25, -0.2) is 4.98 Å². The molecule has 0 radical (unpaired) electrons. The predicted octanol–water partition coefficient (Wildman–Crippen LogP) is 4.54. The third-order valence-corrected chi connectivity index (χ3v) is 5.48. The van der Waals surface area contributed by atoms with Gasteiger partial charge in [0.15, 0.2) is 4.96 Å². The van der Waals surface area contributed by atoms with E-state index in [1.165, 1.54) is 30.8 Å². The SMILES string of the molecule is CC1CC(C)CN(Cc2c(-c3ccccc3)nc3sccn23)C1. The van der Waals surface area contributed by atoms with Crippen molar-refractivity contribution in [2.75, 3.05) is 13.1 Å². The average molecular weight is 325 g/mol. The van der Waals surface area contributed by atoms with Gasteiger partial charge in [-0.3, -0.25) is 9.30 Å². The van der Waals surface area contributed by atoms with E-state index in [0.29, 0.717) is 0 Å². The highest BCUT2D eigenvalue weighted by atomic mass is 32.1. The van der Waals surface area contributed by atoms with Crippen LogP contribution in [0.3, 0.4) is 0 Å². The summed E-state index contributed by atoms with van der Waals surface area (Å²) in [6.45, 7) is 8.11. The number of benzene rings is 1. The van der Waals surface area contributed by atoms with Crippen molar-refractivity contribution in [3.05, 3.63) is 47.6 Å². The number of imidazole rings is 1. The minimum atomic E-state index is 0.782. The lowest BCUT2D eigenvalue weighted by Gasteiger charge is -2.34. The average Bonchev–Trinajstić information content (AvgIpc) is 3.10. The molecule has 0 spiro atoms. The Bertz CT molecular complexity index is 779. The van der Waals surface area contributed by atoms with E-state index >= 15 is 0 Å². The smallest absolute Gasteiger partial charge is 0.194 e. The van der Waals surface area contributed by atoms with Crippen LogP contribution in [-0.4, -0.2) is 27.4 Å². The summed E-state index contributed by atoms with van der Waals surface area (Å²) in [7, 11) is 0. The summed E-state index contributed by atoms with van der Waals surface area (Å²) in [5, 5.41) is 2.13. The standard InChI is InChI=1S/C19H23N3S/c1-14-10-15(2)12-21(11-14)13-17-18(16-6-4-3-5-7-16)20-19-22(17)8-9-23-19/h3-9,14-15H,10-13H2,1-2H3. The number of likely N-dealkylation sites (tertiary alicyclic amines) is 1. The molecular formula is C19H23N3S. The van der Waals surface area contributed by atoms with Crippen molar-refractivity contribution in [1.82, 2.24) is 14.3 Å². The largest absolute Gasteiger partial charge is 0.297 e. The number of rotatable bonds is 3. The number of hydrogen-bond acceptors (Lipinski definition) is 3. The zero-order chi connectivity index (χ0) is 15.8. The van der Waals surface area contributed by atoms with Crippen LogP contribution in [0.4, 0.5) is 0 Å². The van der Waals surface area contributed by atoms with Crippen molar-refractivity contribution >= 4 is 16.3 Å². The fraction of sp³-hybridized carbons (Fsp3) is 0.421. The molecule has 120 valence electrons. The van der Waals surface area contributed by atoms with Gasteiger partial charge in [0.2, 0.25) is 0 Å². The fourth-order valence-electron chi connectivity index (χ4n) is 3.94. The van der Waals surface area contributed by atoms with Gasteiger partial charge >= 0.3 is 0 Å². The van der Waals surface area contributed by atoms with Gasteiger partial charge in [0.25, 0.3) is 0 Å². The molecule has 2 atom stereocenters. The van der Waals surface area contributed by atoms with E-state index in [-0.39, 0.29) is 0 Å². The van der Waals surface area contributed by atoms with E-state index in [2.05, 4.69) is 65.1 Å². The van der Waals surface area contributed by atoms with Gasteiger partial charge < -0.3 is 0 Å². The van der Waals surface area contributed by atoms with Crippen LogP contribution in [0.5, 0.6) is 0 Å². The first-order valence-corrected chi connectivity index (χ1v) is 9.31. The Morgan fingerprint density at radius 2 is 1.87 bits per heavy atom. The van der Waals surface area contributed by atoms with Gasteiger partial charge in [0.1, 0.15) is 0 Å². The summed E-state index contributed by atoms with van der Waals surface area (Å²) in [4.78, 5) is 8.60. The molecule has 4 heteroatoms. The Labute approximate surface area is 141 Å². The third-order valence-electron chi connectivity index (χ3n) is 4.73. The van der Waals surface area contributed by atoms with E-state index in [1.54, 1.807) is 11.3 Å². The second-order valence-corrected chi connectivity index (χ2v) is 7.84. The van der Waals surface area contributed by atoms with Crippen LogP contribution in [0.2, 0.25) is 0 Å². The van der Waals surface area contributed by atoms with Crippen LogP contribution in [0.1, 0.15) is 26.0 Å². The topological polar surface area (TPSA) is 20.5 Å². The monoisotopic (exact) mass is 325 g/mol. The molecule has 1 saturated heterocycles. The Hall–Kier alpha value is -1.65. The van der Waals surface area contributed by atoms with Gasteiger partial charge in [-0.05, 0) is 18.3 Å². The molecule has 1 aromatic carbocycles. The fourth-order valence-corrected chi connectivity index (χ4v) is 4.68. The molecule has 3 nitrogen and oxygen atoms in total. The lowest BCUT2D eigenvalue weighted by molar-refractivity contribution is 0.133. The van der Waals surface area contributed by atoms with Gasteiger partial charge in [0, 0.05) is 36.8 Å². The third kappa shape index (κ3) is 2.93. The Balaban J connectivity index is 1.72. The number of fused-ring (bicyclic) bond motifs is 1. The lowest BCUT2D eigenvalue weighted by Crippen LogP contribution is -2.38. The minimum absolute atomic E-state index is 0.782. The van der Waals surface area contributed by atoms with Crippen molar-refractivity contribution in [2.45, 2.75) is 26.8 Å². The summed E-state index contributed by atoms with van der Waals surface area (Å²) >= 11 is 1.71. The highest BCUT2D eigenvalue weighted by Gasteiger charge is 2.24. The summed E-state index contributed by atoms with van der Waals surface area (Å²) in [6, 6.07) is 10.6. The van der Waals surface area contributed by atoms with Crippen LogP contribution < -0.4 is 0 Å². The van der Waals surface area contributed by atoms with Crippen LogP contribution in [-0.2, 0) is 6.54 Å². The molecule has 0 bridgehead atoms. The zero-order valence-electron chi connectivity index (χ0n) is 13.8. The van der Waals surface area contributed by atoms with Gasteiger partial charge in [-0.2, -0.15) is 0 Å². The van der Waals surface area contributed by atoms with Gasteiger partial charge in [-0.1, -0.05) is 44.2 Å². The van der Waals surface area contributed by atoms with Crippen molar-refractivity contribution in [1.29, 1.82) is 0 Å². The lowest BCUT2D eigenvalue weighted by atomic mass is 9.92. The molecule has 4 rings (SSSR count). The number of thiazole rings is 1. The van der Waals surface area contributed by atoms with E-state index < -0.39 is 0 Å². The van der Waals surface area contributed by atoms with Gasteiger partial charge in [0.05, 0.1) is 11.4 Å². The van der Waals surface area contributed by atoms with Crippen molar-refractivity contribution < 1.29 is 0 Å². The number of nitrogens with zero attached hydrogens (tertiary/aromatic N) is 3. The van der Waals surface area contributed by atoms with E-state index in [1.807, 2.05) is 0 Å². The van der Waals surface area contributed by atoms with Crippen molar-refractivity contribution in [3.8, 4) is 11.3 Å². The maximum absolute atomic E-state index is 4.90. The zero-order valence-corrected chi connectivity index (χ0v) is 14.6. The first-order valence-electron chi connectivity index (χ1n) is 8.43. The highest BCUT2D eigenvalue weighted by Crippen LogP contribution is 2.29. The Morgan fingerprint density at radius 1 is 1.13 bits per heavy atom. The maximum Gasteiger partial charge on any atom is 0.194 e. The summed E-state index contributed by atoms with van der Waals surface area (Å²) in [5.41, 5.74) is 3.69. The molecule has 0 saturated carbocycles. The van der Waals surface area contributed by atoms with Crippen LogP contribution in [0, 0.1) is 11.8 Å². The molecule has 2 unspecified atom stereocenters. The molecule has 0 N–H and O–H groups in total. The molecule has 0 aliphatic carbocycles. The number of piperidine rings is 1. The first kappa shape index (κ1) is 14.9. The number of hydrogen-bond donors (Lipinski definition) is 0. The molecule has 1 fully saturated rings.